The molecule has 0 saturated carbocycles. The third kappa shape index (κ3) is 7.01. The molecule has 230 valence electrons. The average molecular weight is 607 g/mol. The molecule has 0 fully saturated rings. The maximum absolute atomic E-state index is 13.1. The Bertz CT molecular complexity index is 1690. The lowest BCUT2D eigenvalue weighted by molar-refractivity contribution is -0.385. The van der Waals surface area contributed by atoms with Gasteiger partial charge in [0.15, 0.2) is 17.2 Å². The molecule has 1 amide bonds. The van der Waals surface area contributed by atoms with Gasteiger partial charge >= 0.3 is 5.97 Å². The molecule has 2 aromatic heterocycles. The summed E-state index contributed by atoms with van der Waals surface area (Å²) in [5.74, 6) is -0.864. The van der Waals surface area contributed by atoms with Gasteiger partial charge in [0.1, 0.15) is 0 Å². The number of nitrogens with zero attached hydrogens (tertiary/aromatic N) is 8. The van der Waals surface area contributed by atoms with E-state index in [0.29, 0.717) is 36.5 Å². The number of carbonyl (C=O) groups is 2. The summed E-state index contributed by atoms with van der Waals surface area (Å²) in [5, 5.41) is 30.5. The van der Waals surface area contributed by atoms with Gasteiger partial charge in [-0.25, -0.2) is 14.8 Å². The second-order valence-corrected chi connectivity index (χ2v) is 9.22. The number of ether oxygens (including phenoxy) is 2. The van der Waals surface area contributed by atoms with Crippen LogP contribution in [0.3, 0.4) is 0 Å². The van der Waals surface area contributed by atoms with Crippen molar-refractivity contribution in [3.8, 4) is 17.3 Å². The van der Waals surface area contributed by atoms with Crippen LogP contribution in [0.5, 0.6) is 11.5 Å². The minimum Gasteiger partial charge on any atom is -0.490 e. The molecule has 0 saturated heterocycles. The number of carbonyl (C=O) groups excluding carboxylic acids is 2. The number of esters is 1. The first-order chi connectivity index (χ1) is 21.2. The summed E-state index contributed by atoms with van der Waals surface area (Å²) in [7, 11) is 0. The van der Waals surface area contributed by atoms with E-state index in [1.807, 2.05) is 18.7 Å². The van der Waals surface area contributed by atoms with Crippen LogP contribution in [-0.2, 0) is 6.54 Å². The van der Waals surface area contributed by atoms with E-state index in [2.05, 4.69) is 35.8 Å². The van der Waals surface area contributed by atoms with Crippen molar-refractivity contribution in [2.45, 2.75) is 34.2 Å². The third-order valence-corrected chi connectivity index (χ3v) is 6.42. The molecule has 44 heavy (non-hydrogen) atoms. The van der Waals surface area contributed by atoms with Crippen LogP contribution >= 0.6 is 0 Å². The quantitative estimate of drug-likeness (QED) is 0.0736. The minimum absolute atomic E-state index is 0.00944. The first kappa shape index (κ1) is 31.2. The Morgan fingerprint density at radius 3 is 2.57 bits per heavy atom. The van der Waals surface area contributed by atoms with E-state index in [4.69, 9.17) is 15.2 Å². The second kappa shape index (κ2) is 14.0. The number of hydrazone groups is 1. The number of benzene rings is 2. The number of nitrogen functional groups attached to an aromatic ring is 1. The lowest BCUT2D eigenvalue weighted by Gasteiger charge is -2.18. The number of nitrogens with one attached hydrogen (secondary N) is 1. The van der Waals surface area contributed by atoms with E-state index in [9.17, 15) is 19.7 Å². The average Bonchev–Trinajstić information content (AvgIpc) is 3.62. The number of hydrogen-bond acceptors (Lipinski definition) is 14. The summed E-state index contributed by atoms with van der Waals surface area (Å²) < 4.78 is 17.1. The molecule has 4 rings (SSSR count). The maximum atomic E-state index is 13.1. The van der Waals surface area contributed by atoms with Gasteiger partial charge in [-0.15, -0.1) is 5.10 Å². The predicted octanol–water partition coefficient (Wildman–Crippen LogP) is 2.67. The van der Waals surface area contributed by atoms with E-state index in [1.54, 1.807) is 19.1 Å². The van der Waals surface area contributed by atoms with Crippen LogP contribution < -0.4 is 20.6 Å². The van der Waals surface area contributed by atoms with Gasteiger partial charge in [-0.2, -0.15) is 9.78 Å². The standard InChI is InChI=1S/C27H30N10O7/c1-5-35(6-2)15-20-23(30-34-36(20)25-24(28)32-44-33-25)26(38)31-29-14-17-8-11-21(22(13-17)42-7-3)43-27(39)18-9-10-19(37(40)41)16(4)12-18/h8-14H,5-7,15H2,1-4H3,(H2,28,32)(H,31,38)/b29-14+. The zero-order chi connectivity index (χ0) is 31.8. The van der Waals surface area contributed by atoms with Gasteiger partial charge in [-0.05, 0) is 73.1 Å². The molecule has 3 N–H and O–H groups in total. The number of hydrogen-bond donors (Lipinski definition) is 2. The number of rotatable bonds is 13. The third-order valence-electron chi connectivity index (χ3n) is 6.42. The summed E-state index contributed by atoms with van der Waals surface area (Å²) in [5.41, 5.74) is 9.58. The van der Waals surface area contributed by atoms with Gasteiger partial charge in [0.25, 0.3) is 11.6 Å². The largest absolute Gasteiger partial charge is 0.490 e. The molecule has 0 aliphatic carbocycles. The van der Waals surface area contributed by atoms with Crippen molar-refractivity contribution in [2.24, 2.45) is 5.10 Å². The molecule has 17 heteroatoms. The van der Waals surface area contributed by atoms with Gasteiger partial charge in [0.2, 0.25) is 11.6 Å². The van der Waals surface area contributed by atoms with Crippen molar-refractivity contribution >= 4 is 29.6 Å². The first-order valence-electron chi connectivity index (χ1n) is 13.5. The van der Waals surface area contributed by atoms with E-state index < -0.39 is 16.8 Å². The summed E-state index contributed by atoms with van der Waals surface area (Å²) >= 11 is 0. The fraction of sp³-hybridized carbons (Fsp3) is 0.296. The van der Waals surface area contributed by atoms with Gasteiger partial charge < -0.3 is 15.2 Å². The summed E-state index contributed by atoms with van der Waals surface area (Å²) in [6.45, 7) is 9.25. The van der Waals surface area contributed by atoms with Crippen molar-refractivity contribution in [1.29, 1.82) is 0 Å². The number of nitrogens with two attached hydrogens (primary N) is 1. The van der Waals surface area contributed by atoms with Crippen LogP contribution in [0.2, 0.25) is 0 Å². The molecule has 0 atom stereocenters. The summed E-state index contributed by atoms with van der Waals surface area (Å²) in [6.07, 6.45) is 1.37. The Kier molecular flexibility index (Phi) is 9.92. The van der Waals surface area contributed by atoms with E-state index in [-0.39, 0.29) is 46.7 Å². The number of nitro groups is 1. The summed E-state index contributed by atoms with van der Waals surface area (Å²) in [6, 6.07) is 8.64. The lowest BCUT2D eigenvalue weighted by atomic mass is 10.1. The Hall–Kier alpha value is -5.71. The number of amides is 1. The topological polar surface area (TPSA) is 219 Å². The first-order valence-corrected chi connectivity index (χ1v) is 13.5. The maximum Gasteiger partial charge on any atom is 0.343 e. The predicted molar refractivity (Wildman–Crippen MR) is 156 cm³/mol. The lowest BCUT2D eigenvalue weighted by Crippen LogP contribution is -2.27. The molecule has 0 bridgehead atoms. The monoisotopic (exact) mass is 606 g/mol. The van der Waals surface area contributed by atoms with Crippen LogP contribution in [0.25, 0.3) is 5.82 Å². The number of nitro benzene ring substituents is 1. The number of aryl methyl sites for hydroxylation is 1. The minimum atomic E-state index is -0.714. The van der Waals surface area contributed by atoms with Crippen LogP contribution in [0.4, 0.5) is 11.5 Å². The SMILES string of the molecule is CCOc1cc(/C=N/NC(=O)c2nnn(-c3nonc3N)c2CN(CC)CC)ccc1OC(=O)c1ccc([N+](=O)[O-])c(C)c1. The molecular weight excluding hydrogens is 576 g/mol. The Morgan fingerprint density at radius 2 is 1.93 bits per heavy atom. The fourth-order valence-electron chi connectivity index (χ4n) is 4.11. The van der Waals surface area contributed by atoms with Crippen molar-refractivity contribution in [3.05, 3.63) is 74.6 Å². The van der Waals surface area contributed by atoms with Crippen LogP contribution in [0.15, 0.2) is 46.1 Å². The van der Waals surface area contributed by atoms with Crippen LogP contribution in [0, 0.1) is 17.0 Å². The molecule has 2 aromatic carbocycles. The molecule has 0 aliphatic rings. The van der Waals surface area contributed by atoms with Crippen LogP contribution in [0.1, 0.15) is 58.4 Å². The van der Waals surface area contributed by atoms with Gasteiger partial charge in [0, 0.05) is 18.2 Å². The molecule has 17 nitrogen and oxygen atoms in total. The zero-order valence-corrected chi connectivity index (χ0v) is 24.4. The molecule has 4 aromatic rings. The molecule has 0 unspecified atom stereocenters. The smallest absolute Gasteiger partial charge is 0.343 e. The van der Waals surface area contributed by atoms with Crippen molar-refractivity contribution < 1.29 is 28.6 Å². The second-order valence-electron chi connectivity index (χ2n) is 9.22. The van der Waals surface area contributed by atoms with Gasteiger partial charge in [-0.3, -0.25) is 19.8 Å². The highest BCUT2D eigenvalue weighted by molar-refractivity contribution is 5.94. The molecule has 2 heterocycles. The van der Waals surface area contributed by atoms with Crippen molar-refractivity contribution in [3.63, 3.8) is 0 Å². The highest BCUT2D eigenvalue weighted by Crippen LogP contribution is 2.29. The molecule has 0 aliphatic heterocycles. The van der Waals surface area contributed by atoms with Crippen molar-refractivity contribution in [1.82, 2.24) is 35.6 Å². The summed E-state index contributed by atoms with van der Waals surface area (Å²) in [4.78, 5) is 38.4. The highest BCUT2D eigenvalue weighted by Gasteiger charge is 2.25. The number of anilines is 1. The van der Waals surface area contributed by atoms with E-state index in [0.717, 1.165) is 0 Å². The Balaban J connectivity index is 1.50. The van der Waals surface area contributed by atoms with Crippen LogP contribution in [-0.4, -0.2) is 72.9 Å². The van der Waals surface area contributed by atoms with Gasteiger partial charge in [-0.1, -0.05) is 19.1 Å². The Labute approximate surface area is 250 Å². The van der Waals surface area contributed by atoms with Crippen molar-refractivity contribution in [2.75, 3.05) is 25.4 Å². The molecule has 0 radical (unpaired) electrons. The van der Waals surface area contributed by atoms with Gasteiger partial charge in [0.05, 0.1) is 29.0 Å². The molecule has 0 spiro atoms. The fourth-order valence-corrected chi connectivity index (χ4v) is 4.11. The molecular formula is C27H30N10O7. The highest BCUT2D eigenvalue weighted by atomic mass is 16.6. The Morgan fingerprint density at radius 1 is 1.16 bits per heavy atom. The normalized spacial score (nSPS) is 11.2. The van der Waals surface area contributed by atoms with E-state index in [1.165, 1.54) is 42.1 Å². The van der Waals surface area contributed by atoms with E-state index >= 15 is 0 Å². The number of aromatic nitrogens is 5. The zero-order valence-electron chi connectivity index (χ0n) is 24.4.